The van der Waals surface area contributed by atoms with Crippen molar-refractivity contribution in [1.29, 1.82) is 0 Å². The zero-order valence-corrected chi connectivity index (χ0v) is 12.7. The minimum atomic E-state index is -0.434. The summed E-state index contributed by atoms with van der Waals surface area (Å²) in [5.74, 6) is -0.383. The van der Waals surface area contributed by atoms with Gasteiger partial charge in [-0.1, -0.05) is 6.07 Å². The van der Waals surface area contributed by atoms with Crippen LogP contribution in [0, 0.1) is 5.82 Å². The van der Waals surface area contributed by atoms with E-state index in [9.17, 15) is 9.18 Å². The maximum atomic E-state index is 13.6. The number of rotatable bonds is 5. The lowest BCUT2D eigenvalue weighted by atomic mass is 10.2. The Morgan fingerprint density at radius 1 is 1.35 bits per heavy atom. The van der Waals surface area contributed by atoms with E-state index in [1.54, 1.807) is 19.2 Å². The van der Waals surface area contributed by atoms with Gasteiger partial charge in [-0.25, -0.2) is 4.39 Å². The Bertz CT molecular complexity index is 469. The summed E-state index contributed by atoms with van der Waals surface area (Å²) in [6.45, 7) is 6.00. The van der Waals surface area contributed by atoms with Gasteiger partial charge in [-0.3, -0.25) is 4.79 Å². The van der Waals surface area contributed by atoms with Crippen molar-refractivity contribution in [2.75, 3.05) is 20.8 Å². The summed E-state index contributed by atoms with van der Waals surface area (Å²) in [5.41, 5.74) is 0.345. The fraction of sp³-hybridized carbons (Fsp3) is 0.533. The lowest BCUT2D eigenvalue weighted by Crippen LogP contribution is -2.33. The van der Waals surface area contributed by atoms with Crippen LogP contribution < -0.4 is 4.74 Å². The van der Waals surface area contributed by atoms with Crippen molar-refractivity contribution in [2.45, 2.75) is 32.9 Å². The van der Waals surface area contributed by atoms with Gasteiger partial charge in [0, 0.05) is 13.6 Å². The molecule has 4 nitrogen and oxygen atoms in total. The molecule has 0 saturated carbocycles. The average Bonchev–Trinajstić information content (AvgIpc) is 2.35. The normalized spacial score (nSPS) is 11.3. The molecule has 0 aliphatic carbocycles. The van der Waals surface area contributed by atoms with Gasteiger partial charge in [0.25, 0.3) is 0 Å². The molecule has 0 radical (unpaired) electrons. The summed E-state index contributed by atoms with van der Waals surface area (Å²) in [7, 11) is 3.08. The average molecular weight is 283 g/mol. The quantitative estimate of drug-likeness (QED) is 0.834. The van der Waals surface area contributed by atoms with Crippen molar-refractivity contribution in [3.8, 4) is 5.75 Å². The first-order valence-corrected chi connectivity index (χ1v) is 6.43. The molecular formula is C15H22FNO3. The van der Waals surface area contributed by atoms with Gasteiger partial charge in [0.1, 0.15) is 6.61 Å². The monoisotopic (exact) mass is 283 g/mol. The van der Waals surface area contributed by atoms with Gasteiger partial charge in [0.2, 0.25) is 5.91 Å². The summed E-state index contributed by atoms with van der Waals surface area (Å²) in [6, 6.07) is 4.65. The highest BCUT2D eigenvalue weighted by atomic mass is 19.1. The van der Waals surface area contributed by atoms with Crippen molar-refractivity contribution in [3.05, 3.63) is 29.6 Å². The number of benzene rings is 1. The highest BCUT2D eigenvalue weighted by molar-refractivity contribution is 5.77. The first-order chi connectivity index (χ1) is 9.23. The topological polar surface area (TPSA) is 38.8 Å². The zero-order chi connectivity index (χ0) is 15.3. The summed E-state index contributed by atoms with van der Waals surface area (Å²) >= 11 is 0. The maximum absolute atomic E-state index is 13.6. The van der Waals surface area contributed by atoms with Crippen molar-refractivity contribution < 1.29 is 18.7 Å². The Labute approximate surface area is 119 Å². The third kappa shape index (κ3) is 5.17. The molecule has 0 aliphatic heterocycles. The molecule has 0 unspecified atom stereocenters. The first-order valence-electron chi connectivity index (χ1n) is 6.43. The number of likely N-dealkylation sites (N-methyl/N-ethyl adjacent to an activating group) is 1. The standard InChI is InChI=1S/C15H22FNO3/c1-15(2,3)20-10-14(18)17(4)9-11-6-7-13(19-5)12(16)8-11/h6-8H,9-10H2,1-5H3. The van der Waals surface area contributed by atoms with Gasteiger partial charge in [-0.15, -0.1) is 0 Å². The number of methoxy groups -OCH3 is 1. The van der Waals surface area contributed by atoms with E-state index in [0.717, 1.165) is 0 Å². The van der Waals surface area contributed by atoms with Gasteiger partial charge in [-0.2, -0.15) is 0 Å². The van der Waals surface area contributed by atoms with E-state index in [-0.39, 0.29) is 23.9 Å². The number of hydrogen-bond acceptors (Lipinski definition) is 3. The van der Waals surface area contributed by atoms with E-state index >= 15 is 0 Å². The number of nitrogens with zero attached hydrogens (tertiary/aromatic N) is 1. The van der Waals surface area contributed by atoms with E-state index in [2.05, 4.69) is 0 Å². The Balaban J connectivity index is 2.59. The van der Waals surface area contributed by atoms with Crippen LogP contribution in [0.25, 0.3) is 0 Å². The van der Waals surface area contributed by atoms with Crippen molar-refractivity contribution in [1.82, 2.24) is 4.90 Å². The molecular weight excluding hydrogens is 261 g/mol. The molecule has 0 N–H and O–H groups in total. The van der Waals surface area contributed by atoms with Crippen molar-refractivity contribution >= 4 is 5.91 Å². The minimum absolute atomic E-state index is 0.0125. The van der Waals surface area contributed by atoms with E-state index in [1.165, 1.54) is 18.1 Å². The van der Waals surface area contributed by atoms with Crippen LogP contribution in [-0.2, 0) is 16.1 Å². The summed E-state index contributed by atoms with van der Waals surface area (Å²) in [6.07, 6.45) is 0. The fourth-order valence-electron chi connectivity index (χ4n) is 1.56. The lowest BCUT2D eigenvalue weighted by Gasteiger charge is -2.22. The molecule has 20 heavy (non-hydrogen) atoms. The molecule has 0 atom stereocenters. The second-order valence-electron chi connectivity index (χ2n) is 5.62. The number of amides is 1. The lowest BCUT2D eigenvalue weighted by molar-refractivity contribution is -0.140. The predicted molar refractivity (Wildman–Crippen MR) is 75.1 cm³/mol. The third-order valence-corrected chi connectivity index (χ3v) is 2.69. The molecule has 0 fully saturated rings. The van der Waals surface area contributed by atoms with Gasteiger partial charge in [-0.05, 0) is 38.5 Å². The number of carbonyl (C=O) groups is 1. The van der Waals surface area contributed by atoms with Crippen LogP contribution in [0.1, 0.15) is 26.3 Å². The van der Waals surface area contributed by atoms with Gasteiger partial charge >= 0.3 is 0 Å². The van der Waals surface area contributed by atoms with Gasteiger partial charge < -0.3 is 14.4 Å². The van der Waals surface area contributed by atoms with Crippen LogP contribution in [0.5, 0.6) is 5.75 Å². The van der Waals surface area contributed by atoms with Crippen LogP contribution in [0.2, 0.25) is 0 Å². The molecule has 0 aliphatic rings. The SMILES string of the molecule is COc1ccc(CN(C)C(=O)COC(C)(C)C)cc1F. The molecule has 0 heterocycles. The van der Waals surface area contributed by atoms with E-state index < -0.39 is 5.82 Å². The molecule has 0 saturated heterocycles. The first kappa shape index (κ1) is 16.4. The molecule has 1 aromatic carbocycles. The van der Waals surface area contributed by atoms with Gasteiger partial charge in [0.05, 0.1) is 12.7 Å². The number of halogens is 1. The molecule has 1 rings (SSSR count). The Morgan fingerprint density at radius 3 is 2.50 bits per heavy atom. The molecule has 0 spiro atoms. The highest BCUT2D eigenvalue weighted by Crippen LogP contribution is 2.18. The second-order valence-corrected chi connectivity index (χ2v) is 5.62. The van der Waals surface area contributed by atoms with Crippen LogP contribution in [0.15, 0.2) is 18.2 Å². The number of ether oxygens (including phenoxy) is 2. The second kappa shape index (κ2) is 6.70. The Hall–Kier alpha value is -1.62. The van der Waals surface area contributed by atoms with Crippen molar-refractivity contribution in [3.63, 3.8) is 0 Å². The number of hydrogen-bond donors (Lipinski definition) is 0. The number of carbonyl (C=O) groups excluding carboxylic acids is 1. The summed E-state index contributed by atoms with van der Waals surface area (Å²) in [5, 5.41) is 0. The summed E-state index contributed by atoms with van der Waals surface area (Å²) in [4.78, 5) is 13.4. The maximum Gasteiger partial charge on any atom is 0.248 e. The van der Waals surface area contributed by atoms with E-state index in [1.807, 2.05) is 20.8 Å². The Kier molecular flexibility index (Phi) is 5.51. The molecule has 0 aromatic heterocycles. The minimum Gasteiger partial charge on any atom is -0.494 e. The van der Waals surface area contributed by atoms with Crippen LogP contribution in [0.4, 0.5) is 4.39 Å². The predicted octanol–water partition coefficient (Wildman–Crippen LogP) is 2.61. The van der Waals surface area contributed by atoms with E-state index in [4.69, 9.17) is 9.47 Å². The summed E-state index contributed by atoms with van der Waals surface area (Å²) < 4.78 is 23.8. The van der Waals surface area contributed by atoms with E-state index in [0.29, 0.717) is 12.1 Å². The zero-order valence-electron chi connectivity index (χ0n) is 12.7. The Morgan fingerprint density at radius 2 is 2.00 bits per heavy atom. The molecule has 112 valence electrons. The van der Waals surface area contributed by atoms with Gasteiger partial charge in [0.15, 0.2) is 11.6 Å². The van der Waals surface area contributed by atoms with Crippen molar-refractivity contribution in [2.24, 2.45) is 0 Å². The van der Waals surface area contributed by atoms with Crippen LogP contribution in [0.3, 0.4) is 0 Å². The molecule has 0 bridgehead atoms. The smallest absolute Gasteiger partial charge is 0.248 e. The fourth-order valence-corrected chi connectivity index (χ4v) is 1.56. The molecule has 5 heteroatoms. The largest absolute Gasteiger partial charge is 0.494 e. The third-order valence-electron chi connectivity index (χ3n) is 2.69. The van der Waals surface area contributed by atoms with Crippen LogP contribution >= 0.6 is 0 Å². The molecule has 1 amide bonds. The van der Waals surface area contributed by atoms with Crippen LogP contribution in [-0.4, -0.2) is 37.2 Å². The molecule has 1 aromatic rings. The highest BCUT2D eigenvalue weighted by Gasteiger charge is 2.16.